The molecular weight excluding hydrogens is 376 g/mol. The molecule has 1 atom stereocenters. The lowest BCUT2D eigenvalue weighted by molar-refractivity contribution is -0.150. The van der Waals surface area contributed by atoms with E-state index in [9.17, 15) is 9.59 Å². The van der Waals surface area contributed by atoms with Crippen molar-refractivity contribution in [3.05, 3.63) is 76.3 Å². The number of carbonyl (C=O) groups is 2. The molecule has 0 saturated carbocycles. The number of benzene rings is 1. The minimum atomic E-state index is -0.883. The number of nitrogens with one attached hydrogen (secondary N) is 1. The Morgan fingerprint density at radius 2 is 2.07 bits per heavy atom. The summed E-state index contributed by atoms with van der Waals surface area (Å²) in [5.41, 5.74) is 1.63. The molecule has 28 heavy (non-hydrogen) atoms. The number of ether oxygens (including phenoxy) is 1. The molecule has 1 N–H and O–H groups in total. The van der Waals surface area contributed by atoms with Crippen LogP contribution in [0, 0.1) is 0 Å². The van der Waals surface area contributed by atoms with Crippen LogP contribution in [0.4, 0.5) is 0 Å². The van der Waals surface area contributed by atoms with Gasteiger partial charge in [0.1, 0.15) is 5.69 Å². The van der Waals surface area contributed by atoms with E-state index in [0.717, 1.165) is 10.4 Å². The van der Waals surface area contributed by atoms with Crippen molar-refractivity contribution in [1.82, 2.24) is 20.3 Å². The zero-order chi connectivity index (χ0) is 19.8. The molecule has 0 fully saturated rings. The molecule has 1 amide bonds. The van der Waals surface area contributed by atoms with Crippen molar-refractivity contribution in [1.29, 1.82) is 0 Å². The van der Waals surface area contributed by atoms with Crippen LogP contribution in [0.1, 0.15) is 23.1 Å². The van der Waals surface area contributed by atoms with Crippen molar-refractivity contribution >= 4 is 29.3 Å². The molecular formula is C20H20N4O3S. The molecule has 1 aromatic carbocycles. The molecule has 0 unspecified atom stereocenters. The Hall–Kier alpha value is -3.26. The molecule has 0 radical (unpaired) electrons. The Balaban J connectivity index is 1.46. The lowest BCUT2D eigenvalue weighted by atomic mass is 10.2. The Morgan fingerprint density at radius 1 is 1.25 bits per heavy atom. The van der Waals surface area contributed by atoms with E-state index >= 15 is 0 Å². The Labute approximate surface area is 166 Å². The largest absolute Gasteiger partial charge is 0.449 e. The molecule has 0 aliphatic heterocycles. The van der Waals surface area contributed by atoms with Gasteiger partial charge in [-0.3, -0.25) is 4.79 Å². The van der Waals surface area contributed by atoms with Crippen molar-refractivity contribution in [2.75, 3.05) is 0 Å². The van der Waals surface area contributed by atoms with Gasteiger partial charge in [0, 0.05) is 11.0 Å². The predicted octanol–water partition coefficient (Wildman–Crippen LogP) is 2.65. The summed E-state index contributed by atoms with van der Waals surface area (Å²) in [6.45, 7) is 2.54. The van der Waals surface area contributed by atoms with Gasteiger partial charge in [0.15, 0.2) is 6.10 Å². The van der Waals surface area contributed by atoms with Gasteiger partial charge in [0.25, 0.3) is 5.91 Å². The van der Waals surface area contributed by atoms with Crippen LogP contribution < -0.4 is 5.32 Å². The van der Waals surface area contributed by atoms with Gasteiger partial charge in [0.05, 0.1) is 19.3 Å². The molecule has 3 aromatic rings. The summed E-state index contributed by atoms with van der Waals surface area (Å²) in [6.07, 6.45) is 3.59. The summed E-state index contributed by atoms with van der Waals surface area (Å²) in [7, 11) is 0. The fraction of sp³-hybridized carbons (Fsp3) is 0.200. The first-order chi connectivity index (χ1) is 13.6. The van der Waals surface area contributed by atoms with E-state index in [4.69, 9.17) is 4.74 Å². The monoisotopic (exact) mass is 396 g/mol. The fourth-order valence-electron chi connectivity index (χ4n) is 2.39. The van der Waals surface area contributed by atoms with Crippen LogP contribution in [0.3, 0.4) is 0 Å². The molecule has 0 aliphatic rings. The number of thiophene rings is 1. The van der Waals surface area contributed by atoms with E-state index in [1.54, 1.807) is 22.2 Å². The summed E-state index contributed by atoms with van der Waals surface area (Å²) in [5, 5.41) is 12.7. The molecule has 0 spiro atoms. The number of carbonyl (C=O) groups excluding carboxylic acids is 2. The normalized spacial score (nSPS) is 12.0. The third-order valence-electron chi connectivity index (χ3n) is 3.81. The van der Waals surface area contributed by atoms with E-state index in [0.29, 0.717) is 18.8 Å². The average molecular weight is 396 g/mol. The highest BCUT2D eigenvalue weighted by molar-refractivity contribution is 7.09. The number of amides is 1. The number of aromatic nitrogens is 3. The number of esters is 1. The molecule has 7 nitrogen and oxygen atoms in total. The van der Waals surface area contributed by atoms with Gasteiger partial charge in [-0.05, 0) is 30.0 Å². The topological polar surface area (TPSA) is 86.1 Å². The summed E-state index contributed by atoms with van der Waals surface area (Å²) in [6, 6.07) is 13.7. The summed E-state index contributed by atoms with van der Waals surface area (Å²) < 4.78 is 6.80. The minimum absolute atomic E-state index is 0.344. The molecule has 0 saturated heterocycles. The van der Waals surface area contributed by atoms with Gasteiger partial charge in [-0.1, -0.05) is 41.6 Å². The maximum atomic E-state index is 12.0. The van der Waals surface area contributed by atoms with E-state index in [1.807, 2.05) is 47.8 Å². The standard InChI is InChI=1S/C20H20N4O3S/c1-15(20(26)21-12-18-8-5-11-28-18)27-19(25)10-9-17-14-24(23-22-17)13-16-6-3-2-4-7-16/h2-11,14-15H,12-13H2,1H3,(H,21,26)/b10-9+/t15-/m0/s1. The fourth-order valence-corrected chi connectivity index (χ4v) is 3.03. The second-order valence-corrected chi connectivity index (χ2v) is 7.07. The van der Waals surface area contributed by atoms with Crippen LogP contribution in [0.5, 0.6) is 0 Å². The molecule has 3 rings (SSSR count). The second-order valence-electron chi connectivity index (χ2n) is 6.04. The first-order valence-corrected chi connectivity index (χ1v) is 9.61. The summed E-state index contributed by atoms with van der Waals surface area (Å²) in [5.74, 6) is -0.958. The Kier molecular flexibility index (Phi) is 6.69. The highest BCUT2D eigenvalue weighted by Crippen LogP contribution is 2.08. The molecule has 0 aliphatic carbocycles. The van der Waals surface area contributed by atoms with Crippen LogP contribution in [-0.4, -0.2) is 33.0 Å². The maximum absolute atomic E-state index is 12.0. The molecule has 8 heteroatoms. The lowest BCUT2D eigenvalue weighted by Crippen LogP contribution is -2.34. The number of hydrogen-bond acceptors (Lipinski definition) is 6. The molecule has 144 valence electrons. The smallest absolute Gasteiger partial charge is 0.331 e. The van der Waals surface area contributed by atoms with Gasteiger partial charge >= 0.3 is 5.97 Å². The van der Waals surface area contributed by atoms with Crippen molar-refractivity contribution in [3.8, 4) is 0 Å². The number of rotatable bonds is 8. The lowest BCUT2D eigenvalue weighted by Gasteiger charge is -2.11. The Morgan fingerprint density at radius 3 is 2.82 bits per heavy atom. The van der Waals surface area contributed by atoms with Crippen LogP contribution in [0.15, 0.2) is 60.1 Å². The highest BCUT2D eigenvalue weighted by atomic mass is 32.1. The van der Waals surface area contributed by atoms with Crippen molar-refractivity contribution in [2.45, 2.75) is 26.1 Å². The van der Waals surface area contributed by atoms with E-state index in [-0.39, 0.29) is 5.91 Å². The molecule has 2 heterocycles. The van der Waals surface area contributed by atoms with Gasteiger partial charge < -0.3 is 10.1 Å². The van der Waals surface area contributed by atoms with Crippen LogP contribution in [0.2, 0.25) is 0 Å². The van der Waals surface area contributed by atoms with Gasteiger partial charge in [-0.15, -0.1) is 16.4 Å². The van der Waals surface area contributed by atoms with Crippen LogP contribution in [-0.2, 0) is 27.4 Å². The quantitative estimate of drug-likeness (QED) is 0.467. The van der Waals surface area contributed by atoms with Gasteiger partial charge in [-0.2, -0.15) is 0 Å². The van der Waals surface area contributed by atoms with Crippen molar-refractivity contribution in [2.24, 2.45) is 0 Å². The average Bonchev–Trinajstić information content (AvgIpc) is 3.37. The molecule has 2 aromatic heterocycles. The summed E-state index contributed by atoms with van der Waals surface area (Å²) in [4.78, 5) is 24.9. The first kappa shape index (κ1) is 19.5. The third-order valence-corrected chi connectivity index (χ3v) is 4.69. The summed E-state index contributed by atoms with van der Waals surface area (Å²) >= 11 is 1.55. The number of hydrogen-bond donors (Lipinski definition) is 1. The second kappa shape index (κ2) is 9.61. The Bertz CT molecular complexity index is 936. The van der Waals surface area contributed by atoms with Crippen LogP contribution in [0.25, 0.3) is 6.08 Å². The molecule has 0 bridgehead atoms. The predicted molar refractivity (Wildman–Crippen MR) is 106 cm³/mol. The van der Waals surface area contributed by atoms with E-state index in [1.165, 1.54) is 19.1 Å². The third kappa shape index (κ3) is 5.88. The van der Waals surface area contributed by atoms with Gasteiger partial charge in [0.2, 0.25) is 0 Å². The van der Waals surface area contributed by atoms with Crippen molar-refractivity contribution in [3.63, 3.8) is 0 Å². The first-order valence-electron chi connectivity index (χ1n) is 8.73. The number of nitrogens with zero attached hydrogens (tertiary/aromatic N) is 3. The van der Waals surface area contributed by atoms with E-state index < -0.39 is 12.1 Å². The minimum Gasteiger partial charge on any atom is -0.449 e. The van der Waals surface area contributed by atoms with E-state index in [2.05, 4.69) is 15.6 Å². The zero-order valence-corrected chi connectivity index (χ0v) is 16.1. The maximum Gasteiger partial charge on any atom is 0.331 e. The SMILES string of the molecule is C[C@H](OC(=O)/C=C/c1cn(Cc2ccccc2)nn1)C(=O)NCc1cccs1. The highest BCUT2D eigenvalue weighted by Gasteiger charge is 2.16. The van der Waals surface area contributed by atoms with Gasteiger partial charge in [-0.25, -0.2) is 9.48 Å². The van der Waals surface area contributed by atoms with Crippen LogP contribution >= 0.6 is 11.3 Å². The zero-order valence-electron chi connectivity index (χ0n) is 15.3. The van der Waals surface area contributed by atoms with Crippen molar-refractivity contribution < 1.29 is 14.3 Å².